The molecule has 0 aliphatic carbocycles. The van der Waals surface area contributed by atoms with E-state index in [-0.39, 0.29) is 16.7 Å². The van der Waals surface area contributed by atoms with E-state index in [1.165, 1.54) is 0 Å². The highest BCUT2D eigenvalue weighted by Crippen LogP contribution is 2.29. The number of nitrogens with one attached hydrogen (secondary N) is 1. The first-order valence-corrected chi connectivity index (χ1v) is 8.22. The third-order valence-corrected chi connectivity index (χ3v) is 3.93. The van der Waals surface area contributed by atoms with Gasteiger partial charge in [-0.1, -0.05) is 13.8 Å². The molecule has 1 atom stereocenters. The van der Waals surface area contributed by atoms with E-state index < -0.39 is 0 Å². The van der Waals surface area contributed by atoms with Gasteiger partial charge in [0.05, 0.1) is 4.92 Å². The SMILES string of the molecule is CCCn1nc(C)c([N+](=O)[O-])c1NC(C)CCSCC. The standard InChI is InChI=1S/C13H24N4O2S/c1-5-8-16-13(12(17(18)19)11(4)15-16)14-10(3)7-9-20-6-2/h10,14H,5-9H2,1-4H3. The molecule has 0 fully saturated rings. The summed E-state index contributed by atoms with van der Waals surface area (Å²) in [5.74, 6) is 2.70. The van der Waals surface area contributed by atoms with Crippen LogP contribution in [0.1, 0.15) is 39.3 Å². The number of anilines is 1. The molecule has 1 unspecified atom stereocenters. The number of rotatable bonds is 9. The van der Waals surface area contributed by atoms with Gasteiger partial charge in [0.1, 0.15) is 5.69 Å². The summed E-state index contributed by atoms with van der Waals surface area (Å²) in [4.78, 5) is 10.9. The van der Waals surface area contributed by atoms with Crippen molar-refractivity contribution in [3.8, 4) is 0 Å². The number of nitro groups is 1. The van der Waals surface area contributed by atoms with Gasteiger partial charge in [0, 0.05) is 12.6 Å². The van der Waals surface area contributed by atoms with Crippen LogP contribution < -0.4 is 5.32 Å². The van der Waals surface area contributed by atoms with Crippen LogP contribution in [0.3, 0.4) is 0 Å². The van der Waals surface area contributed by atoms with E-state index in [0.717, 1.165) is 24.3 Å². The fourth-order valence-corrected chi connectivity index (χ4v) is 2.83. The highest BCUT2D eigenvalue weighted by molar-refractivity contribution is 7.99. The summed E-state index contributed by atoms with van der Waals surface area (Å²) >= 11 is 1.88. The molecule has 1 N–H and O–H groups in total. The molecule has 6 nitrogen and oxygen atoms in total. The van der Waals surface area contributed by atoms with Crippen molar-refractivity contribution in [3.05, 3.63) is 15.8 Å². The van der Waals surface area contributed by atoms with Crippen molar-refractivity contribution in [2.24, 2.45) is 0 Å². The topological polar surface area (TPSA) is 73.0 Å². The lowest BCUT2D eigenvalue weighted by molar-refractivity contribution is -0.384. The molecule has 1 aromatic heterocycles. The maximum absolute atomic E-state index is 11.2. The molecule has 0 radical (unpaired) electrons. The van der Waals surface area contributed by atoms with E-state index in [4.69, 9.17) is 0 Å². The number of aryl methyl sites for hydroxylation is 2. The van der Waals surface area contributed by atoms with Gasteiger partial charge in [-0.05, 0) is 38.2 Å². The number of nitrogens with zero attached hydrogens (tertiary/aromatic N) is 3. The number of hydrogen-bond donors (Lipinski definition) is 1. The minimum absolute atomic E-state index is 0.105. The van der Waals surface area contributed by atoms with Crippen molar-refractivity contribution in [2.45, 2.75) is 53.1 Å². The molecule has 0 aromatic carbocycles. The smallest absolute Gasteiger partial charge is 0.333 e. The van der Waals surface area contributed by atoms with Crippen LogP contribution in [-0.2, 0) is 6.54 Å². The van der Waals surface area contributed by atoms with E-state index in [0.29, 0.717) is 18.1 Å². The van der Waals surface area contributed by atoms with Crippen molar-refractivity contribution in [1.29, 1.82) is 0 Å². The van der Waals surface area contributed by atoms with E-state index in [9.17, 15) is 10.1 Å². The summed E-state index contributed by atoms with van der Waals surface area (Å²) in [6.45, 7) is 8.60. The molecule has 114 valence electrons. The minimum atomic E-state index is -0.343. The van der Waals surface area contributed by atoms with Crippen LogP contribution in [0.25, 0.3) is 0 Å². The van der Waals surface area contributed by atoms with Crippen LogP contribution in [0.5, 0.6) is 0 Å². The Morgan fingerprint density at radius 2 is 2.20 bits per heavy atom. The highest BCUT2D eigenvalue weighted by Gasteiger charge is 2.25. The number of aromatic nitrogens is 2. The summed E-state index contributed by atoms with van der Waals surface area (Å²) in [6, 6.07) is 0.194. The molecule has 0 saturated heterocycles. The second kappa shape index (κ2) is 8.14. The largest absolute Gasteiger partial charge is 0.362 e. The summed E-state index contributed by atoms with van der Waals surface area (Å²) in [6.07, 6.45) is 1.87. The molecular formula is C13H24N4O2S. The van der Waals surface area contributed by atoms with Gasteiger partial charge < -0.3 is 5.32 Å². The first-order valence-electron chi connectivity index (χ1n) is 7.07. The van der Waals surface area contributed by atoms with E-state index >= 15 is 0 Å². The molecule has 7 heteroatoms. The lowest BCUT2D eigenvalue weighted by Gasteiger charge is -2.15. The molecule has 1 rings (SSSR count). The molecular weight excluding hydrogens is 276 g/mol. The molecule has 1 heterocycles. The highest BCUT2D eigenvalue weighted by atomic mass is 32.2. The Morgan fingerprint density at radius 1 is 1.50 bits per heavy atom. The lowest BCUT2D eigenvalue weighted by atomic mass is 10.2. The Labute approximate surface area is 124 Å². The fourth-order valence-electron chi connectivity index (χ4n) is 2.02. The molecule has 20 heavy (non-hydrogen) atoms. The Morgan fingerprint density at radius 3 is 2.75 bits per heavy atom. The first-order chi connectivity index (χ1) is 9.51. The maximum atomic E-state index is 11.2. The van der Waals surface area contributed by atoms with Gasteiger partial charge in [-0.3, -0.25) is 10.1 Å². The Hall–Kier alpha value is -1.24. The maximum Gasteiger partial charge on any atom is 0.333 e. The van der Waals surface area contributed by atoms with Crippen molar-refractivity contribution in [1.82, 2.24) is 9.78 Å². The predicted molar refractivity (Wildman–Crippen MR) is 84.6 cm³/mol. The summed E-state index contributed by atoms with van der Waals surface area (Å²) in [5, 5.41) is 18.8. The summed E-state index contributed by atoms with van der Waals surface area (Å²) < 4.78 is 1.72. The van der Waals surface area contributed by atoms with E-state index in [2.05, 4.69) is 24.3 Å². The first kappa shape index (κ1) is 16.8. The van der Waals surface area contributed by atoms with Gasteiger partial charge in [0.2, 0.25) is 5.82 Å². The van der Waals surface area contributed by atoms with Gasteiger partial charge >= 0.3 is 5.69 Å². The van der Waals surface area contributed by atoms with Crippen LogP contribution >= 0.6 is 11.8 Å². The molecule has 0 aliphatic rings. The molecule has 1 aromatic rings. The number of thioether (sulfide) groups is 1. The zero-order chi connectivity index (χ0) is 15.1. The monoisotopic (exact) mass is 300 g/mol. The Kier molecular flexibility index (Phi) is 6.84. The summed E-state index contributed by atoms with van der Waals surface area (Å²) in [7, 11) is 0. The Balaban J connectivity index is 2.87. The molecule has 0 aliphatic heterocycles. The minimum Gasteiger partial charge on any atom is -0.362 e. The van der Waals surface area contributed by atoms with Gasteiger partial charge in [-0.2, -0.15) is 16.9 Å². The second-order valence-electron chi connectivity index (χ2n) is 4.79. The average Bonchev–Trinajstić information content (AvgIpc) is 2.66. The van der Waals surface area contributed by atoms with Crippen molar-refractivity contribution >= 4 is 23.3 Å². The van der Waals surface area contributed by atoms with E-state index in [1.54, 1.807) is 11.6 Å². The van der Waals surface area contributed by atoms with Crippen LogP contribution in [0.4, 0.5) is 11.5 Å². The van der Waals surface area contributed by atoms with Gasteiger partial charge in [0.25, 0.3) is 0 Å². The third-order valence-electron chi connectivity index (χ3n) is 3.00. The normalized spacial score (nSPS) is 12.4. The van der Waals surface area contributed by atoms with Gasteiger partial charge in [-0.25, -0.2) is 4.68 Å². The second-order valence-corrected chi connectivity index (χ2v) is 6.19. The number of hydrogen-bond acceptors (Lipinski definition) is 5. The molecule has 0 amide bonds. The quantitative estimate of drug-likeness (QED) is 0.429. The molecule has 0 saturated carbocycles. The summed E-state index contributed by atoms with van der Waals surface area (Å²) in [5.41, 5.74) is 0.578. The zero-order valence-electron chi connectivity index (χ0n) is 12.7. The molecule has 0 spiro atoms. The van der Waals surface area contributed by atoms with Crippen molar-refractivity contribution in [3.63, 3.8) is 0 Å². The third kappa shape index (κ3) is 4.40. The average molecular weight is 300 g/mol. The van der Waals surface area contributed by atoms with E-state index in [1.807, 2.05) is 18.7 Å². The fraction of sp³-hybridized carbons (Fsp3) is 0.769. The van der Waals surface area contributed by atoms with Gasteiger partial charge in [0.15, 0.2) is 0 Å². The zero-order valence-corrected chi connectivity index (χ0v) is 13.5. The van der Waals surface area contributed by atoms with Gasteiger partial charge in [-0.15, -0.1) is 0 Å². The molecule has 0 bridgehead atoms. The van der Waals surface area contributed by atoms with Crippen LogP contribution in [0.2, 0.25) is 0 Å². The lowest BCUT2D eigenvalue weighted by Crippen LogP contribution is -2.19. The van der Waals surface area contributed by atoms with Crippen molar-refractivity contribution < 1.29 is 4.92 Å². The van der Waals surface area contributed by atoms with Crippen LogP contribution in [0, 0.1) is 17.0 Å². The predicted octanol–water partition coefficient (Wildman–Crippen LogP) is 3.45. The van der Waals surface area contributed by atoms with Crippen molar-refractivity contribution in [2.75, 3.05) is 16.8 Å². The Bertz CT molecular complexity index is 448. The van der Waals surface area contributed by atoms with Crippen LogP contribution in [0.15, 0.2) is 0 Å². The van der Waals surface area contributed by atoms with Crippen LogP contribution in [-0.4, -0.2) is 32.3 Å².